The number of aliphatic carboxylic acids is 1. The number of fused-ring (bicyclic) bond motifs is 1. The lowest BCUT2D eigenvalue weighted by Gasteiger charge is -2.21. The summed E-state index contributed by atoms with van der Waals surface area (Å²) in [6.07, 6.45) is 1.16. The van der Waals surface area contributed by atoms with Gasteiger partial charge in [0.25, 0.3) is 0 Å². The summed E-state index contributed by atoms with van der Waals surface area (Å²) in [4.78, 5) is 13.1. The molecule has 92 valence electrons. The molecule has 2 rings (SSSR count). The van der Waals surface area contributed by atoms with Gasteiger partial charge in [-0.15, -0.1) is 0 Å². The monoisotopic (exact) mass is 233 g/mol. The van der Waals surface area contributed by atoms with Crippen molar-refractivity contribution in [2.45, 2.75) is 26.7 Å². The first-order chi connectivity index (χ1) is 8.06. The topological polar surface area (TPSA) is 40.5 Å². The fourth-order valence-corrected chi connectivity index (χ4v) is 2.44. The molecule has 1 aliphatic rings. The average molecular weight is 233 g/mol. The van der Waals surface area contributed by atoms with E-state index in [-0.39, 0.29) is 6.42 Å². The van der Waals surface area contributed by atoms with E-state index in [9.17, 15) is 4.79 Å². The third-order valence-corrected chi connectivity index (χ3v) is 3.08. The fourth-order valence-electron chi connectivity index (χ4n) is 2.44. The van der Waals surface area contributed by atoms with Crippen molar-refractivity contribution in [1.29, 1.82) is 0 Å². The van der Waals surface area contributed by atoms with E-state index in [0.29, 0.717) is 5.92 Å². The van der Waals surface area contributed by atoms with E-state index in [1.54, 1.807) is 0 Å². The van der Waals surface area contributed by atoms with Gasteiger partial charge < -0.3 is 10.0 Å². The lowest BCUT2D eigenvalue weighted by Crippen LogP contribution is -2.25. The van der Waals surface area contributed by atoms with Crippen LogP contribution in [0.5, 0.6) is 0 Å². The van der Waals surface area contributed by atoms with Gasteiger partial charge in [0.05, 0.1) is 6.42 Å². The molecular formula is C14H19NO2. The van der Waals surface area contributed by atoms with Crippen molar-refractivity contribution in [2.24, 2.45) is 5.92 Å². The molecule has 1 aromatic carbocycles. The molecule has 0 spiro atoms. The van der Waals surface area contributed by atoms with Gasteiger partial charge in [0.15, 0.2) is 0 Å². The van der Waals surface area contributed by atoms with Crippen LogP contribution in [0.15, 0.2) is 18.2 Å². The molecule has 1 aromatic rings. The maximum Gasteiger partial charge on any atom is 0.307 e. The number of carboxylic acid groups (broad SMARTS) is 1. The van der Waals surface area contributed by atoms with Crippen LogP contribution in [-0.4, -0.2) is 24.2 Å². The molecule has 1 N–H and O–H groups in total. The molecule has 0 radical (unpaired) electrons. The highest BCUT2D eigenvalue weighted by molar-refractivity contribution is 5.71. The summed E-state index contributed by atoms with van der Waals surface area (Å²) in [6.45, 7) is 6.57. The summed E-state index contributed by atoms with van der Waals surface area (Å²) >= 11 is 0. The predicted octanol–water partition coefficient (Wildman–Crippen LogP) is 2.33. The second kappa shape index (κ2) is 4.78. The van der Waals surface area contributed by atoms with E-state index >= 15 is 0 Å². The number of rotatable bonds is 4. The van der Waals surface area contributed by atoms with Gasteiger partial charge in [-0.2, -0.15) is 0 Å². The van der Waals surface area contributed by atoms with Crippen LogP contribution in [0.1, 0.15) is 25.0 Å². The van der Waals surface area contributed by atoms with Gasteiger partial charge in [-0.1, -0.05) is 26.0 Å². The zero-order chi connectivity index (χ0) is 12.4. The van der Waals surface area contributed by atoms with E-state index < -0.39 is 5.97 Å². The van der Waals surface area contributed by atoms with Crippen LogP contribution in [0.25, 0.3) is 0 Å². The van der Waals surface area contributed by atoms with E-state index in [1.807, 2.05) is 12.1 Å². The molecule has 1 heterocycles. The van der Waals surface area contributed by atoms with Gasteiger partial charge in [0.1, 0.15) is 0 Å². The first-order valence-corrected chi connectivity index (χ1v) is 6.15. The van der Waals surface area contributed by atoms with Crippen LogP contribution >= 0.6 is 0 Å². The van der Waals surface area contributed by atoms with Crippen molar-refractivity contribution in [2.75, 3.05) is 18.0 Å². The average Bonchev–Trinajstić information content (AvgIpc) is 2.59. The van der Waals surface area contributed by atoms with Crippen LogP contribution in [0.3, 0.4) is 0 Å². The van der Waals surface area contributed by atoms with Crippen molar-refractivity contribution in [3.05, 3.63) is 29.3 Å². The zero-order valence-corrected chi connectivity index (χ0v) is 10.4. The lowest BCUT2D eigenvalue weighted by molar-refractivity contribution is -0.136. The number of hydrogen-bond donors (Lipinski definition) is 1. The van der Waals surface area contributed by atoms with Gasteiger partial charge in [-0.05, 0) is 29.5 Å². The Morgan fingerprint density at radius 3 is 2.88 bits per heavy atom. The minimum atomic E-state index is -0.762. The first-order valence-electron chi connectivity index (χ1n) is 6.15. The molecule has 0 bridgehead atoms. The predicted molar refractivity (Wildman–Crippen MR) is 68.5 cm³/mol. The van der Waals surface area contributed by atoms with Gasteiger partial charge in [0, 0.05) is 18.8 Å². The van der Waals surface area contributed by atoms with E-state index in [4.69, 9.17) is 5.11 Å². The standard InChI is InChI=1S/C14H19NO2/c1-10(2)9-15-6-5-12-7-11(8-14(16)17)3-4-13(12)15/h3-4,7,10H,5-6,8-9H2,1-2H3,(H,16,17). The number of carboxylic acids is 1. The Bertz CT molecular complexity index is 426. The summed E-state index contributed by atoms with van der Waals surface area (Å²) in [7, 11) is 0. The van der Waals surface area contributed by atoms with Gasteiger partial charge >= 0.3 is 5.97 Å². The Labute approximate surface area is 102 Å². The third-order valence-electron chi connectivity index (χ3n) is 3.08. The van der Waals surface area contributed by atoms with Crippen LogP contribution < -0.4 is 4.90 Å². The van der Waals surface area contributed by atoms with Crippen LogP contribution in [0.4, 0.5) is 5.69 Å². The highest BCUT2D eigenvalue weighted by Crippen LogP contribution is 2.29. The molecule has 0 unspecified atom stereocenters. The molecule has 0 aliphatic carbocycles. The second-order valence-corrected chi connectivity index (χ2v) is 5.12. The molecule has 0 fully saturated rings. The largest absolute Gasteiger partial charge is 0.481 e. The second-order valence-electron chi connectivity index (χ2n) is 5.12. The Balaban J connectivity index is 2.16. The highest BCUT2D eigenvalue weighted by atomic mass is 16.4. The van der Waals surface area contributed by atoms with Crippen molar-refractivity contribution in [1.82, 2.24) is 0 Å². The molecule has 0 aromatic heterocycles. The molecule has 3 nitrogen and oxygen atoms in total. The minimum absolute atomic E-state index is 0.122. The van der Waals surface area contributed by atoms with Gasteiger partial charge in [-0.3, -0.25) is 4.79 Å². The van der Waals surface area contributed by atoms with Crippen molar-refractivity contribution in [3.8, 4) is 0 Å². The third kappa shape index (κ3) is 2.78. The minimum Gasteiger partial charge on any atom is -0.481 e. The summed E-state index contributed by atoms with van der Waals surface area (Å²) in [5.74, 6) is -0.110. The molecule has 1 aliphatic heterocycles. The highest BCUT2D eigenvalue weighted by Gasteiger charge is 2.19. The zero-order valence-electron chi connectivity index (χ0n) is 10.4. The van der Waals surface area contributed by atoms with Crippen molar-refractivity contribution in [3.63, 3.8) is 0 Å². The van der Waals surface area contributed by atoms with Gasteiger partial charge in [-0.25, -0.2) is 0 Å². The Morgan fingerprint density at radius 1 is 1.47 bits per heavy atom. The molecule has 17 heavy (non-hydrogen) atoms. The smallest absolute Gasteiger partial charge is 0.307 e. The molecule has 3 heteroatoms. The maximum absolute atomic E-state index is 10.7. The summed E-state index contributed by atoms with van der Waals surface area (Å²) in [5.41, 5.74) is 3.49. The Kier molecular flexibility index (Phi) is 3.36. The van der Waals surface area contributed by atoms with Gasteiger partial charge in [0.2, 0.25) is 0 Å². The Morgan fingerprint density at radius 2 is 2.24 bits per heavy atom. The summed E-state index contributed by atoms with van der Waals surface area (Å²) in [6, 6.07) is 6.05. The molecule has 0 atom stereocenters. The SMILES string of the molecule is CC(C)CN1CCc2cc(CC(=O)O)ccc21. The number of nitrogens with zero attached hydrogens (tertiary/aromatic N) is 1. The van der Waals surface area contributed by atoms with Crippen LogP contribution in [0, 0.1) is 5.92 Å². The lowest BCUT2D eigenvalue weighted by atomic mass is 10.1. The van der Waals surface area contributed by atoms with Crippen LogP contribution in [-0.2, 0) is 17.6 Å². The quantitative estimate of drug-likeness (QED) is 0.867. The normalized spacial score (nSPS) is 14.2. The molecule has 0 saturated heterocycles. The summed E-state index contributed by atoms with van der Waals surface area (Å²) < 4.78 is 0. The Hall–Kier alpha value is -1.51. The number of hydrogen-bond acceptors (Lipinski definition) is 2. The first kappa shape index (κ1) is 12.0. The number of benzene rings is 1. The van der Waals surface area contributed by atoms with E-state index in [2.05, 4.69) is 24.8 Å². The van der Waals surface area contributed by atoms with Crippen molar-refractivity contribution >= 4 is 11.7 Å². The fraction of sp³-hybridized carbons (Fsp3) is 0.500. The number of carbonyl (C=O) groups is 1. The van der Waals surface area contributed by atoms with E-state index in [0.717, 1.165) is 25.1 Å². The summed E-state index contributed by atoms with van der Waals surface area (Å²) in [5, 5.41) is 8.78. The van der Waals surface area contributed by atoms with Crippen molar-refractivity contribution < 1.29 is 9.90 Å². The molecule has 0 amide bonds. The number of anilines is 1. The van der Waals surface area contributed by atoms with E-state index in [1.165, 1.54) is 11.3 Å². The van der Waals surface area contributed by atoms with Crippen LogP contribution in [0.2, 0.25) is 0 Å². The molecule has 0 saturated carbocycles. The maximum atomic E-state index is 10.7. The molecular weight excluding hydrogens is 214 g/mol.